The number of carboxylic acid groups (broad SMARTS) is 1. The SMILES string of the molecule is [CH2]CCCC(=O)NCCC(=O)O. The first-order valence-corrected chi connectivity index (χ1v) is 3.94. The molecule has 0 saturated carbocycles. The zero-order chi connectivity index (χ0) is 9.40. The van der Waals surface area contributed by atoms with Crippen molar-refractivity contribution in [1.82, 2.24) is 5.32 Å². The number of unbranched alkanes of at least 4 members (excludes halogenated alkanes) is 1. The van der Waals surface area contributed by atoms with Crippen molar-refractivity contribution in [3.63, 3.8) is 0 Å². The number of hydrogen-bond donors (Lipinski definition) is 2. The number of amides is 1. The first-order valence-electron chi connectivity index (χ1n) is 3.94. The van der Waals surface area contributed by atoms with Crippen LogP contribution in [0.15, 0.2) is 0 Å². The summed E-state index contributed by atoms with van der Waals surface area (Å²) in [6.45, 7) is 3.81. The van der Waals surface area contributed by atoms with Gasteiger partial charge in [-0.15, -0.1) is 0 Å². The van der Waals surface area contributed by atoms with Crippen LogP contribution in [0.25, 0.3) is 0 Å². The molecule has 0 heterocycles. The van der Waals surface area contributed by atoms with Gasteiger partial charge in [-0.1, -0.05) is 13.3 Å². The van der Waals surface area contributed by atoms with Crippen molar-refractivity contribution < 1.29 is 14.7 Å². The number of nitrogens with one attached hydrogen (secondary N) is 1. The zero-order valence-electron chi connectivity index (χ0n) is 7.01. The summed E-state index contributed by atoms with van der Waals surface area (Å²) in [6.07, 6.45) is 1.89. The fourth-order valence-corrected chi connectivity index (χ4v) is 0.683. The number of rotatable bonds is 6. The van der Waals surface area contributed by atoms with Crippen LogP contribution in [0.3, 0.4) is 0 Å². The maximum Gasteiger partial charge on any atom is 0.305 e. The molecule has 0 saturated heterocycles. The lowest BCUT2D eigenvalue weighted by atomic mass is 10.2. The first kappa shape index (κ1) is 10.9. The van der Waals surface area contributed by atoms with Crippen molar-refractivity contribution in [1.29, 1.82) is 0 Å². The summed E-state index contributed by atoms with van der Waals surface area (Å²) >= 11 is 0. The van der Waals surface area contributed by atoms with Crippen LogP contribution in [0, 0.1) is 6.92 Å². The Kier molecular flexibility index (Phi) is 6.05. The lowest BCUT2D eigenvalue weighted by Gasteiger charge is -2.01. The van der Waals surface area contributed by atoms with Gasteiger partial charge in [-0.25, -0.2) is 0 Å². The lowest BCUT2D eigenvalue weighted by molar-refractivity contribution is -0.136. The van der Waals surface area contributed by atoms with Crippen LogP contribution in [-0.4, -0.2) is 23.5 Å². The molecule has 69 valence electrons. The third-order valence-corrected chi connectivity index (χ3v) is 1.31. The minimum absolute atomic E-state index is 0.0177. The Labute approximate surface area is 72.0 Å². The van der Waals surface area contributed by atoms with E-state index in [1.165, 1.54) is 0 Å². The zero-order valence-corrected chi connectivity index (χ0v) is 7.01. The summed E-state index contributed by atoms with van der Waals surface area (Å²) in [5.41, 5.74) is 0. The predicted octanol–water partition coefficient (Wildman–Crippen LogP) is 0.582. The molecule has 0 aromatic rings. The number of carbonyl (C=O) groups excluding carboxylic acids is 1. The van der Waals surface area contributed by atoms with Gasteiger partial charge in [-0.3, -0.25) is 9.59 Å². The average molecular weight is 172 g/mol. The van der Waals surface area contributed by atoms with Crippen molar-refractivity contribution in [2.45, 2.75) is 25.7 Å². The molecule has 0 rings (SSSR count). The molecular weight excluding hydrogens is 158 g/mol. The van der Waals surface area contributed by atoms with Crippen LogP contribution in [0.5, 0.6) is 0 Å². The highest BCUT2D eigenvalue weighted by molar-refractivity contribution is 5.76. The van der Waals surface area contributed by atoms with Gasteiger partial charge in [0.1, 0.15) is 0 Å². The summed E-state index contributed by atoms with van der Waals surface area (Å²) in [4.78, 5) is 20.9. The third kappa shape index (κ3) is 7.05. The number of carboxylic acids is 1. The van der Waals surface area contributed by atoms with E-state index in [1.807, 2.05) is 0 Å². The molecule has 0 aliphatic carbocycles. The minimum Gasteiger partial charge on any atom is -0.481 e. The summed E-state index contributed by atoms with van der Waals surface area (Å²) in [7, 11) is 0. The number of carbonyl (C=O) groups is 2. The Balaban J connectivity index is 3.25. The van der Waals surface area contributed by atoms with Gasteiger partial charge < -0.3 is 10.4 Å². The van der Waals surface area contributed by atoms with E-state index in [0.29, 0.717) is 6.42 Å². The van der Waals surface area contributed by atoms with E-state index in [1.54, 1.807) is 0 Å². The second-order valence-corrected chi connectivity index (χ2v) is 2.45. The lowest BCUT2D eigenvalue weighted by Crippen LogP contribution is -2.25. The highest BCUT2D eigenvalue weighted by atomic mass is 16.4. The van der Waals surface area contributed by atoms with E-state index in [4.69, 9.17) is 5.11 Å². The molecule has 0 aromatic carbocycles. The van der Waals surface area contributed by atoms with Crippen LogP contribution in [0.1, 0.15) is 25.7 Å². The van der Waals surface area contributed by atoms with Gasteiger partial charge in [0.15, 0.2) is 0 Å². The fourth-order valence-electron chi connectivity index (χ4n) is 0.683. The van der Waals surface area contributed by atoms with Gasteiger partial charge >= 0.3 is 5.97 Å². The Morgan fingerprint density at radius 2 is 2.00 bits per heavy atom. The van der Waals surface area contributed by atoms with Crippen LogP contribution in [0.4, 0.5) is 0 Å². The fraction of sp³-hybridized carbons (Fsp3) is 0.625. The van der Waals surface area contributed by atoms with Gasteiger partial charge in [0.2, 0.25) is 5.91 Å². The average Bonchev–Trinajstić information content (AvgIpc) is 2.00. The second kappa shape index (κ2) is 6.64. The highest BCUT2D eigenvalue weighted by Crippen LogP contribution is 1.92. The normalized spacial score (nSPS) is 9.42. The van der Waals surface area contributed by atoms with E-state index in [-0.39, 0.29) is 18.9 Å². The molecule has 1 amide bonds. The van der Waals surface area contributed by atoms with Crippen LogP contribution in [0.2, 0.25) is 0 Å². The van der Waals surface area contributed by atoms with Gasteiger partial charge in [-0.05, 0) is 6.42 Å². The summed E-state index contributed by atoms with van der Waals surface area (Å²) in [5, 5.41) is 10.7. The van der Waals surface area contributed by atoms with E-state index >= 15 is 0 Å². The molecule has 0 fully saturated rings. The second-order valence-electron chi connectivity index (χ2n) is 2.45. The molecule has 0 aliphatic heterocycles. The summed E-state index contributed by atoms with van der Waals surface area (Å²) in [5.74, 6) is -0.993. The molecular formula is C8H14NO3. The maximum atomic E-state index is 10.9. The van der Waals surface area contributed by atoms with E-state index < -0.39 is 5.97 Å². The molecule has 2 N–H and O–H groups in total. The number of aliphatic carboxylic acids is 1. The van der Waals surface area contributed by atoms with Gasteiger partial charge in [0, 0.05) is 13.0 Å². The molecule has 1 radical (unpaired) electrons. The maximum absolute atomic E-state index is 10.9. The molecule has 12 heavy (non-hydrogen) atoms. The van der Waals surface area contributed by atoms with Crippen molar-refractivity contribution in [3.05, 3.63) is 6.92 Å². The van der Waals surface area contributed by atoms with Gasteiger partial charge in [0.05, 0.1) is 6.42 Å². The van der Waals surface area contributed by atoms with E-state index in [2.05, 4.69) is 12.2 Å². The standard InChI is InChI=1S/C8H14NO3/c1-2-3-4-7(10)9-6-5-8(11)12/h1-6H2,(H,9,10)(H,11,12). The largest absolute Gasteiger partial charge is 0.481 e. The number of hydrogen-bond acceptors (Lipinski definition) is 2. The Morgan fingerprint density at radius 1 is 1.33 bits per heavy atom. The molecule has 0 spiro atoms. The molecule has 0 atom stereocenters. The smallest absolute Gasteiger partial charge is 0.305 e. The molecule has 0 aliphatic rings. The van der Waals surface area contributed by atoms with Gasteiger partial charge in [0.25, 0.3) is 0 Å². The summed E-state index contributed by atoms with van der Waals surface area (Å²) in [6, 6.07) is 0. The van der Waals surface area contributed by atoms with E-state index in [9.17, 15) is 9.59 Å². The van der Waals surface area contributed by atoms with E-state index in [0.717, 1.165) is 12.8 Å². The van der Waals surface area contributed by atoms with Crippen molar-refractivity contribution in [3.8, 4) is 0 Å². The Morgan fingerprint density at radius 3 is 2.50 bits per heavy atom. The molecule has 0 bridgehead atoms. The van der Waals surface area contributed by atoms with Crippen molar-refractivity contribution in [2.75, 3.05) is 6.54 Å². The third-order valence-electron chi connectivity index (χ3n) is 1.31. The minimum atomic E-state index is -0.896. The molecule has 4 nitrogen and oxygen atoms in total. The highest BCUT2D eigenvalue weighted by Gasteiger charge is 2.00. The van der Waals surface area contributed by atoms with Crippen LogP contribution in [-0.2, 0) is 9.59 Å². The first-order chi connectivity index (χ1) is 5.66. The summed E-state index contributed by atoms with van der Waals surface area (Å²) < 4.78 is 0. The van der Waals surface area contributed by atoms with Crippen LogP contribution >= 0.6 is 0 Å². The van der Waals surface area contributed by atoms with Crippen LogP contribution < -0.4 is 5.32 Å². The van der Waals surface area contributed by atoms with Gasteiger partial charge in [-0.2, -0.15) is 0 Å². The quantitative estimate of drug-likeness (QED) is 0.616. The topological polar surface area (TPSA) is 66.4 Å². The monoisotopic (exact) mass is 172 g/mol. The Hall–Kier alpha value is -1.06. The van der Waals surface area contributed by atoms with Crippen molar-refractivity contribution in [2.24, 2.45) is 0 Å². The van der Waals surface area contributed by atoms with Crippen molar-refractivity contribution >= 4 is 11.9 Å². The molecule has 0 unspecified atom stereocenters. The Bertz CT molecular complexity index is 156. The predicted molar refractivity (Wildman–Crippen MR) is 44.5 cm³/mol. The molecule has 4 heteroatoms. The molecule has 0 aromatic heterocycles.